The number of fused-ring (bicyclic) bond motifs is 1. The molecule has 0 spiro atoms. The molecular formula is C22H36N2O2S. The zero-order valence-electron chi connectivity index (χ0n) is 17.5. The predicted molar refractivity (Wildman–Crippen MR) is 114 cm³/mol. The Morgan fingerprint density at radius 3 is 2.41 bits per heavy atom. The van der Waals surface area contributed by atoms with Crippen molar-refractivity contribution in [1.29, 1.82) is 0 Å². The van der Waals surface area contributed by atoms with Gasteiger partial charge in [-0.15, -0.1) is 0 Å². The molecule has 0 radical (unpaired) electrons. The van der Waals surface area contributed by atoms with Crippen LogP contribution in [-0.4, -0.2) is 26.3 Å². The van der Waals surface area contributed by atoms with Crippen molar-refractivity contribution in [2.75, 3.05) is 11.9 Å². The Morgan fingerprint density at radius 1 is 1.11 bits per heavy atom. The number of rotatable bonds is 6. The van der Waals surface area contributed by atoms with Crippen LogP contribution in [0.5, 0.6) is 0 Å². The molecule has 1 saturated carbocycles. The average Bonchev–Trinajstić information content (AvgIpc) is 2.88. The maximum Gasteiger partial charge on any atom is 0.214 e. The molecule has 5 heteroatoms. The third-order valence-corrected chi connectivity index (χ3v) is 8.62. The van der Waals surface area contributed by atoms with Crippen molar-refractivity contribution >= 4 is 15.7 Å². The fraction of sp³-hybridized carbons (Fsp3) is 0.727. The van der Waals surface area contributed by atoms with E-state index in [0.29, 0.717) is 11.8 Å². The van der Waals surface area contributed by atoms with Crippen molar-refractivity contribution in [3.63, 3.8) is 0 Å². The molecule has 0 amide bonds. The molecular weight excluding hydrogens is 356 g/mol. The van der Waals surface area contributed by atoms with Gasteiger partial charge in [0.2, 0.25) is 10.0 Å². The van der Waals surface area contributed by atoms with Gasteiger partial charge in [0.25, 0.3) is 0 Å². The molecule has 152 valence electrons. The summed E-state index contributed by atoms with van der Waals surface area (Å²) in [5, 5.41) is 3.30. The van der Waals surface area contributed by atoms with Crippen LogP contribution in [0.25, 0.3) is 0 Å². The first-order chi connectivity index (χ1) is 12.7. The molecule has 2 atom stereocenters. The van der Waals surface area contributed by atoms with Crippen LogP contribution in [0.1, 0.15) is 76.0 Å². The van der Waals surface area contributed by atoms with Gasteiger partial charge >= 0.3 is 0 Å². The topological polar surface area (TPSA) is 58.2 Å². The van der Waals surface area contributed by atoms with E-state index in [4.69, 9.17) is 0 Å². The van der Waals surface area contributed by atoms with Gasteiger partial charge in [0.05, 0.1) is 5.25 Å². The number of nitrogens with one attached hydrogen (secondary N) is 2. The van der Waals surface area contributed by atoms with E-state index in [1.807, 2.05) is 0 Å². The molecule has 2 aliphatic rings. The number of benzene rings is 1. The molecule has 0 aliphatic heterocycles. The minimum atomic E-state index is -3.16. The molecule has 0 heterocycles. The van der Waals surface area contributed by atoms with Gasteiger partial charge in [-0.2, -0.15) is 0 Å². The maximum atomic E-state index is 12.0. The van der Waals surface area contributed by atoms with E-state index in [1.165, 1.54) is 23.2 Å². The molecule has 1 fully saturated rings. The third kappa shape index (κ3) is 4.68. The summed E-state index contributed by atoms with van der Waals surface area (Å²) in [4.78, 5) is 0. The minimum Gasteiger partial charge on any atom is -0.385 e. The molecule has 3 rings (SSSR count). The fourth-order valence-corrected chi connectivity index (χ4v) is 5.69. The second-order valence-electron chi connectivity index (χ2n) is 9.15. The SMILES string of the molecule is Cc1cc(NC[C@H]2CC[C@H](NS(=O)(=O)C(C)C)CC2)cc2c1C(C)C(C)C2. The van der Waals surface area contributed by atoms with E-state index >= 15 is 0 Å². The van der Waals surface area contributed by atoms with Gasteiger partial charge in [0.15, 0.2) is 0 Å². The first-order valence-corrected chi connectivity index (χ1v) is 12.1. The molecule has 1 aromatic carbocycles. The lowest BCUT2D eigenvalue weighted by molar-refractivity contribution is 0.323. The van der Waals surface area contributed by atoms with Crippen LogP contribution in [0.3, 0.4) is 0 Å². The molecule has 0 bridgehead atoms. The molecule has 2 N–H and O–H groups in total. The Morgan fingerprint density at radius 2 is 1.78 bits per heavy atom. The van der Waals surface area contributed by atoms with Gasteiger partial charge in [0.1, 0.15) is 0 Å². The minimum absolute atomic E-state index is 0.110. The summed E-state index contributed by atoms with van der Waals surface area (Å²) >= 11 is 0. The second kappa shape index (κ2) is 8.12. The van der Waals surface area contributed by atoms with E-state index in [-0.39, 0.29) is 11.3 Å². The van der Waals surface area contributed by atoms with Crippen molar-refractivity contribution < 1.29 is 8.42 Å². The first-order valence-electron chi connectivity index (χ1n) is 10.6. The number of aryl methyl sites for hydroxylation is 1. The summed E-state index contributed by atoms with van der Waals surface area (Å²) in [6.07, 6.45) is 5.23. The van der Waals surface area contributed by atoms with Crippen LogP contribution in [-0.2, 0) is 16.4 Å². The quantitative estimate of drug-likeness (QED) is 0.744. The van der Waals surface area contributed by atoms with Crippen molar-refractivity contribution in [2.24, 2.45) is 11.8 Å². The summed E-state index contributed by atoms with van der Waals surface area (Å²) in [6, 6.07) is 4.76. The third-order valence-electron chi connectivity index (χ3n) is 6.72. The Kier molecular flexibility index (Phi) is 6.21. The largest absolute Gasteiger partial charge is 0.385 e. The number of hydrogen-bond donors (Lipinski definition) is 2. The molecule has 0 saturated heterocycles. The van der Waals surface area contributed by atoms with Gasteiger partial charge in [-0.25, -0.2) is 13.1 Å². The van der Waals surface area contributed by atoms with E-state index in [2.05, 4.69) is 42.9 Å². The second-order valence-corrected chi connectivity index (χ2v) is 11.4. The number of hydrogen-bond acceptors (Lipinski definition) is 3. The lowest BCUT2D eigenvalue weighted by Gasteiger charge is -2.30. The highest BCUT2D eigenvalue weighted by molar-refractivity contribution is 7.90. The van der Waals surface area contributed by atoms with Crippen molar-refractivity contribution in [3.8, 4) is 0 Å². The Bertz CT molecular complexity index is 765. The first kappa shape index (κ1) is 20.7. The molecule has 0 aromatic heterocycles. The number of sulfonamides is 1. The van der Waals surface area contributed by atoms with E-state index in [1.54, 1.807) is 19.4 Å². The zero-order chi connectivity index (χ0) is 19.8. The Labute approximate surface area is 165 Å². The Hall–Kier alpha value is -1.07. The lowest BCUT2D eigenvalue weighted by Crippen LogP contribution is -2.41. The van der Waals surface area contributed by atoms with Crippen LogP contribution in [0.4, 0.5) is 5.69 Å². The summed E-state index contributed by atoms with van der Waals surface area (Å²) < 4.78 is 27.0. The van der Waals surface area contributed by atoms with Gasteiger partial charge in [-0.1, -0.05) is 13.8 Å². The molecule has 4 nitrogen and oxygen atoms in total. The van der Waals surface area contributed by atoms with Gasteiger partial charge in [-0.3, -0.25) is 0 Å². The molecule has 27 heavy (non-hydrogen) atoms. The van der Waals surface area contributed by atoms with Crippen molar-refractivity contribution in [1.82, 2.24) is 4.72 Å². The summed E-state index contributed by atoms with van der Waals surface area (Å²) in [7, 11) is -3.16. The smallest absolute Gasteiger partial charge is 0.214 e. The highest BCUT2D eigenvalue weighted by Crippen LogP contribution is 2.40. The monoisotopic (exact) mass is 392 g/mol. The number of anilines is 1. The van der Waals surface area contributed by atoms with E-state index in [0.717, 1.165) is 38.1 Å². The summed E-state index contributed by atoms with van der Waals surface area (Å²) in [6.45, 7) is 11.4. The fourth-order valence-electron chi connectivity index (χ4n) is 4.72. The van der Waals surface area contributed by atoms with Crippen LogP contribution >= 0.6 is 0 Å². The normalized spacial score (nSPS) is 28.4. The predicted octanol–water partition coefficient (Wildman–Crippen LogP) is 4.59. The maximum absolute atomic E-state index is 12.0. The summed E-state index contributed by atoms with van der Waals surface area (Å²) in [5.41, 5.74) is 5.74. The van der Waals surface area contributed by atoms with Crippen LogP contribution in [0, 0.1) is 18.8 Å². The Balaban J connectivity index is 1.51. The molecule has 2 aliphatic carbocycles. The van der Waals surface area contributed by atoms with E-state index in [9.17, 15) is 8.42 Å². The van der Waals surface area contributed by atoms with Crippen LogP contribution in [0.15, 0.2) is 12.1 Å². The average molecular weight is 393 g/mol. The molecule has 1 aromatic rings. The van der Waals surface area contributed by atoms with Crippen molar-refractivity contribution in [3.05, 3.63) is 28.8 Å². The highest BCUT2D eigenvalue weighted by atomic mass is 32.2. The zero-order valence-corrected chi connectivity index (χ0v) is 18.3. The van der Waals surface area contributed by atoms with Crippen LogP contribution < -0.4 is 10.0 Å². The van der Waals surface area contributed by atoms with Gasteiger partial charge < -0.3 is 5.32 Å². The van der Waals surface area contributed by atoms with Gasteiger partial charge in [-0.05, 0) is 99.5 Å². The molecule has 2 unspecified atom stereocenters. The van der Waals surface area contributed by atoms with Gasteiger partial charge in [0, 0.05) is 18.3 Å². The standard InChI is InChI=1S/C22H36N2O2S/c1-14(2)27(25,26)24-20-8-6-18(7-9-20)13-23-21-11-16(4)22-17(5)15(3)10-19(22)12-21/h11-12,14-15,17-18,20,23-24H,6-10,13H2,1-5H3/t15?,17?,18-,20-. The van der Waals surface area contributed by atoms with Crippen molar-refractivity contribution in [2.45, 2.75) is 83.9 Å². The summed E-state index contributed by atoms with van der Waals surface area (Å²) in [5.74, 6) is 2.02. The van der Waals surface area contributed by atoms with Crippen LogP contribution in [0.2, 0.25) is 0 Å². The van der Waals surface area contributed by atoms with E-state index < -0.39 is 10.0 Å². The highest BCUT2D eigenvalue weighted by Gasteiger charge is 2.28. The lowest BCUT2D eigenvalue weighted by atomic mass is 9.86.